The zero-order valence-electron chi connectivity index (χ0n) is 11.5. The van der Waals surface area contributed by atoms with Gasteiger partial charge >= 0.3 is 0 Å². The topological polar surface area (TPSA) is 41.1 Å². The largest absolute Gasteiger partial charge is 0.359 e. The molecule has 0 aromatic carbocycles. The van der Waals surface area contributed by atoms with E-state index in [4.69, 9.17) is 0 Å². The maximum Gasteiger partial charge on any atom is 0.207 e. The van der Waals surface area contributed by atoms with Gasteiger partial charge in [0, 0.05) is 6.54 Å². The lowest BCUT2D eigenvalue weighted by molar-refractivity contribution is -0.109. The van der Waals surface area contributed by atoms with E-state index in [1.54, 1.807) is 0 Å². The fourth-order valence-corrected chi connectivity index (χ4v) is 2.00. The Hall–Kier alpha value is -0.570. The second kappa shape index (κ2) is 15.4. The molecule has 0 heterocycles. The molecule has 0 aliphatic heterocycles. The fourth-order valence-electron chi connectivity index (χ4n) is 2.00. The summed E-state index contributed by atoms with van der Waals surface area (Å²) < 4.78 is 0. The first-order valence-electron chi connectivity index (χ1n) is 7.23. The number of carbonyl (C=O) groups excluding carboxylic acids is 1. The summed E-state index contributed by atoms with van der Waals surface area (Å²) in [7, 11) is 2.02. The Bertz CT molecular complexity index is 151. The van der Waals surface area contributed by atoms with Crippen molar-refractivity contribution >= 4 is 6.41 Å². The number of unbranched alkanes of at least 4 members (excludes halogenated alkanes) is 9. The maximum atomic E-state index is 9.99. The summed E-state index contributed by atoms with van der Waals surface area (Å²) in [5.74, 6) is 0. The van der Waals surface area contributed by atoms with Crippen LogP contribution in [0, 0.1) is 0 Å². The molecule has 0 radical (unpaired) electrons. The zero-order chi connectivity index (χ0) is 12.6. The van der Waals surface area contributed by atoms with Crippen LogP contribution in [0.4, 0.5) is 0 Å². The lowest BCUT2D eigenvalue weighted by Crippen LogP contribution is -2.11. The van der Waals surface area contributed by atoms with Crippen molar-refractivity contribution in [1.29, 1.82) is 0 Å². The molecule has 0 aliphatic rings. The molecular formula is C14H30N2O. The van der Waals surface area contributed by atoms with Gasteiger partial charge in [-0.15, -0.1) is 0 Å². The molecule has 2 N–H and O–H groups in total. The Morgan fingerprint density at radius 1 is 0.706 bits per heavy atom. The van der Waals surface area contributed by atoms with E-state index >= 15 is 0 Å². The molecule has 0 aromatic rings. The molecule has 0 rings (SSSR count). The minimum Gasteiger partial charge on any atom is -0.359 e. The number of nitrogens with one attached hydrogen (secondary N) is 2. The van der Waals surface area contributed by atoms with Gasteiger partial charge in [0.1, 0.15) is 0 Å². The number of hydrogen-bond donors (Lipinski definition) is 2. The molecule has 0 saturated heterocycles. The van der Waals surface area contributed by atoms with Gasteiger partial charge in [-0.05, 0) is 26.4 Å². The van der Waals surface area contributed by atoms with Crippen molar-refractivity contribution in [1.82, 2.24) is 10.6 Å². The summed E-state index contributed by atoms with van der Waals surface area (Å²) >= 11 is 0. The first kappa shape index (κ1) is 16.4. The van der Waals surface area contributed by atoms with E-state index in [0.717, 1.165) is 25.9 Å². The summed E-state index contributed by atoms with van der Waals surface area (Å²) in [4.78, 5) is 9.99. The van der Waals surface area contributed by atoms with Gasteiger partial charge in [0.25, 0.3) is 0 Å². The van der Waals surface area contributed by atoms with E-state index in [0.29, 0.717) is 0 Å². The van der Waals surface area contributed by atoms with Crippen LogP contribution in [0.15, 0.2) is 0 Å². The van der Waals surface area contributed by atoms with Crippen molar-refractivity contribution in [2.75, 3.05) is 20.1 Å². The first-order chi connectivity index (χ1) is 8.41. The number of amides is 1. The van der Waals surface area contributed by atoms with Crippen molar-refractivity contribution in [2.45, 2.75) is 64.2 Å². The zero-order valence-corrected chi connectivity index (χ0v) is 11.5. The van der Waals surface area contributed by atoms with E-state index in [-0.39, 0.29) is 0 Å². The third-order valence-corrected chi connectivity index (χ3v) is 3.08. The Morgan fingerprint density at radius 3 is 1.53 bits per heavy atom. The van der Waals surface area contributed by atoms with E-state index in [2.05, 4.69) is 10.6 Å². The molecule has 0 atom stereocenters. The Balaban J connectivity index is 2.87. The molecule has 0 aliphatic carbocycles. The monoisotopic (exact) mass is 242 g/mol. The van der Waals surface area contributed by atoms with Crippen LogP contribution in [0.1, 0.15) is 64.2 Å². The lowest BCUT2D eigenvalue weighted by Gasteiger charge is -2.02. The molecule has 102 valence electrons. The van der Waals surface area contributed by atoms with Crippen molar-refractivity contribution in [2.24, 2.45) is 0 Å². The molecule has 0 saturated carbocycles. The van der Waals surface area contributed by atoms with Crippen LogP contribution < -0.4 is 10.6 Å². The van der Waals surface area contributed by atoms with Gasteiger partial charge in [0.15, 0.2) is 0 Å². The minimum atomic E-state index is 0.786. The second-order valence-electron chi connectivity index (χ2n) is 4.71. The normalized spacial score (nSPS) is 10.4. The third-order valence-electron chi connectivity index (χ3n) is 3.08. The summed E-state index contributed by atoms with van der Waals surface area (Å²) in [6.07, 6.45) is 14.1. The van der Waals surface area contributed by atoms with Gasteiger partial charge < -0.3 is 10.6 Å². The quantitative estimate of drug-likeness (QED) is 0.363. The average Bonchev–Trinajstić information content (AvgIpc) is 2.35. The van der Waals surface area contributed by atoms with Crippen LogP contribution in [0.5, 0.6) is 0 Å². The van der Waals surface area contributed by atoms with Crippen molar-refractivity contribution in [3.8, 4) is 0 Å². The number of carbonyl (C=O) groups is 1. The molecule has 0 fully saturated rings. The van der Waals surface area contributed by atoms with Gasteiger partial charge in [0.2, 0.25) is 6.41 Å². The van der Waals surface area contributed by atoms with Crippen LogP contribution in [0.25, 0.3) is 0 Å². The predicted octanol–water partition coefficient (Wildman–Crippen LogP) is 2.85. The highest BCUT2D eigenvalue weighted by atomic mass is 16.1. The van der Waals surface area contributed by atoms with Crippen LogP contribution in [0.3, 0.4) is 0 Å². The third kappa shape index (κ3) is 15.4. The van der Waals surface area contributed by atoms with Crippen molar-refractivity contribution in [3.63, 3.8) is 0 Å². The highest BCUT2D eigenvalue weighted by Gasteiger charge is 1.92. The summed E-state index contributed by atoms with van der Waals surface area (Å²) in [5, 5.41) is 5.88. The van der Waals surface area contributed by atoms with E-state index < -0.39 is 0 Å². The molecule has 0 bridgehead atoms. The fraction of sp³-hybridized carbons (Fsp3) is 0.929. The molecule has 3 nitrogen and oxygen atoms in total. The van der Waals surface area contributed by atoms with E-state index in [9.17, 15) is 4.79 Å². The van der Waals surface area contributed by atoms with Gasteiger partial charge in [-0.2, -0.15) is 0 Å². The lowest BCUT2D eigenvalue weighted by atomic mass is 10.1. The summed E-state index contributed by atoms with van der Waals surface area (Å²) in [6.45, 7) is 2.00. The van der Waals surface area contributed by atoms with Crippen molar-refractivity contribution in [3.05, 3.63) is 0 Å². The highest BCUT2D eigenvalue weighted by Crippen LogP contribution is 2.10. The minimum absolute atomic E-state index is 0.786. The Labute approximate surface area is 107 Å². The van der Waals surface area contributed by atoms with Crippen LogP contribution in [-0.4, -0.2) is 26.5 Å². The molecule has 0 aromatic heterocycles. The summed E-state index contributed by atoms with van der Waals surface area (Å²) in [5.41, 5.74) is 0. The average molecular weight is 242 g/mol. The Kier molecular flexibility index (Phi) is 14.9. The molecule has 3 heteroatoms. The summed E-state index contributed by atoms with van der Waals surface area (Å²) in [6, 6.07) is 0. The first-order valence-corrected chi connectivity index (χ1v) is 7.23. The smallest absolute Gasteiger partial charge is 0.207 e. The van der Waals surface area contributed by atoms with Crippen molar-refractivity contribution < 1.29 is 4.79 Å². The van der Waals surface area contributed by atoms with Crippen LogP contribution in [0.2, 0.25) is 0 Å². The van der Waals surface area contributed by atoms with Gasteiger partial charge in [-0.1, -0.05) is 51.4 Å². The van der Waals surface area contributed by atoms with Gasteiger partial charge in [0.05, 0.1) is 0 Å². The molecule has 0 spiro atoms. The SMILES string of the molecule is CNCCCCCCCCCCCCNC=O. The van der Waals surface area contributed by atoms with Crippen LogP contribution in [-0.2, 0) is 4.79 Å². The maximum absolute atomic E-state index is 9.99. The highest BCUT2D eigenvalue weighted by molar-refractivity contribution is 5.45. The standard InChI is InChI=1S/C14H30N2O/c1-15-12-10-8-6-4-2-3-5-7-9-11-13-16-14-17/h14-15H,2-13H2,1H3,(H,16,17). The predicted molar refractivity (Wildman–Crippen MR) is 74.2 cm³/mol. The number of hydrogen-bond acceptors (Lipinski definition) is 2. The van der Waals surface area contributed by atoms with Gasteiger partial charge in [-0.3, -0.25) is 4.79 Å². The second-order valence-corrected chi connectivity index (χ2v) is 4.71. The molecule has 0 unspecified atom stereocenters. The number of rotatable bonds is 14. The van der Waals surface area contributed by atoms with Crippen LogP contribution >= 0.6 is 0 Å². The molecular weight excluding hydrogens is 212 g/mol. The van der Waals surface area contributed by atoms with E-state index in [1.807, 2.05) is 7.05 Å². The molecule has 17 heavy (non-hydrogen) atoms. The van der Waals surface area contributed by atoms with Gasteiger partial charge in [-0.25, -0.2) is 0 Å². The molecule has 1 amide bonds. The Morgan fingerprint density at radius 2 is 1.12 bits per heavy atom. The van der Waals surface area contributed by atoms with E-state index in [1.165, 1.54) is 57.8 Å².